The Hall–Kier alpha value is -1.26. The van der Waals surface area contributed by atoms with Crippen molar-refractivity contribution in [1.29, 1.82) is 0 Å². The molecule has 1 rings (SSSR count). The summed E-state index contributed by atoms with van der Waals surface area (Å²) in [5, 5.41) is 5.13. The van der Waals surface area contributed by atoms with E-state index in [9.17, 15) is 9.59 Å². The van der Waals surface area contributed by atoms with E-state index in [2.05, 4.69) is 10.6 Å². The standard InChI is InChI=1S/C6H11N3O2/c7-6(11)8-3-4-1-2-5(10)9-4/h4H,1-3H2,(H,9,10)(H3,7,8,11). The molecule has 1 heterocycles. The third-order valence-electron chi connectivity index (χ3n) is 1.61. The zero-order valence-corrected chi connectivity index (χ0v) is 6.09. The van der Waals surface area contributed by atoms with Gasteiger partial charge in [0.25, 0.3) is 0 Å². The highest BCUT2D eigenvalue weighted by Crippen LogP contribution is 2.04. The van der Waals surface area contributed by atoms with Crippen molar-refractivity contribution in [1.82, 2.24) is 10.6 Å². The van der Waals surface area contributed by atoms with Crippen molar-refractivity contribution in [2.24, 2.45) is 5.73 Å². The maximum Gasteiger partial charge on any atom is 0.312 e. The lowest BCUT2D eigenvalue weighted by molar-refractivity contribution is -0.119. The summed E-state index contributed by atoms with van der Waals surface area (Å²) in [4.78, 5) is 20.9. The van der Waals surface area contributed by atoms with Gasteiger partial charge in [-0.1, -0.05) is 0 Å². The number of rotatable bonds is 2. The second-order valence-electron chi connectivity index (χ2n) is 2.55. The average molecular weight is 157 g/mol. The van der Waals surface area contributed by atoms with Gasteiger partial charge in [0.15, 0.2) is 0 Å². The minimum atomic E-state index is -0.550. The lowest BCUT2D eigenvalue weighted by Crippen LogP contribution is -2.40. The number of nitrogens with one attached hydrogen (secondary N) is 2. The lowest BCUT2D eigenvalue weighted by Gasteiger charge is -2.08. The topological polar surface area (TPSA) is 84.2 Å². The highest BCUT2D eigenvalue weighted by atomic mass is 16.2. The number of carbonyl (C=O) groups is 2. The minimum absolute atomic E-state index is 0.0428. The second-order valence-corrected chi connectivity index (χ2v) is 2.55. The molecule has 1 aliphatic rings. The Labute approximate surface area is 64.3 Å². The maximum atomic E-state index is 10.6. The summed E-state index contributed by atoms with van der Waals surface area (Å²) >= 11 is 0. The van der Waals surface area contributed by atoms with Crippen molar-refractivity contribution < 1.29 is 9.59 Å². The zero-order chi connectivity index (χ0) is 8.27. The molecule has 1 atom stereocenters. The molecule has 5 nitrogen and oxygen atoms in total. The van der Waals surface area contributed by atoms with Crippen LogP contribution in [-0.4, -0.2) is 24.5 Å². The van der Waals surface area contributed by atoms with Gasteiger partial charge in [0.05, 0.1) is 0 Å². The summed E-state index contributed by atoms with van der Waals surface area (Å²) in [5.41, 5.74) is 4.84. The molecule has 0 aromatic rings. The van der Waals surface area contributed by atoms with E-state index in [0.29, 0.717) is 13.0 Å². The van der Waals surface area contributed by atoms with Gasteiger partial charge in [0, 0.05) is 19.0 Å². The summed E-state index contributed by atoms with van der Waals surface area (Å²) in [5.74, 6) is 0.0428. The Morgan fingerprint density at radius 1 is 1.82 bits per heavy atom. The zero-order valence-electron chi connectivity index (χ0n) is 6.09. The van der Waals surface area contributed by atoms with E-state index in [0.717, 1.165) is 6.42 Å². The van der Waals surface area contributed by atoms with E-state index >= 15 is 0 Å². The van der Waals surface area contributed by atoms with Gasteiger partial charge in [0.2, 0.25) is 5.91 Å². The van der Waals surface area contributed by atoms with Gasteiger partial charge < -0.3 is 16.4 Å². The van der Waals surface area contributed by atoms with Crippen LogP contribution < -0.4 is 16.4 Å². The lowest BCUT2D eigenvalue weighted by atomic mass is 10.2. The summed E-state index contributed by atoms with van der Waals surface area (Å²) in [7, 11) is 0. The van der Waals surface area contributed by atoms with Crippen LogP contribution >= 0.6 is 0 Å². The van der Waals surface area contributed by atoms with E-state index in [-0.39, 0.29) is 11.9 Å². The molecule has 4 N–H and O–H groups in total. The third-order valence-corrected chi connectivity index (χ3v) is 1.61. The summed E-state index contributed by atoms with van der Waals surface area (Å²) < 4.78 is 0. The molecule has 0 aromatic carbocycles. The molecular weight excluding hydrogens is 146 g/mol. The number of nitrogens with two attached hydrogens (primary N) is 1. The summed E-state index contributed by atoms with van der Waals surface area (Å²) in [6.07, 6.45) is 1.32. The van der Waals surface area contributed by atoms with E-state index in [4.69, 9.17) is 5.73 Å². The quantitative estimate of drug-likeness (QED) is 0.477. The van der Waals surface area contributed by atoms with Crippen molar-refractivity contribution in [3.05, 3.63) is 0 Å². The van der Waals surface area contributed by atoms with Gasteiger partial charge >= 0.3 is 6.03 Å². The first-order chi connectivity index (χ1) is 5.18. The van der Waals surface area contributed by atoms with E-state index in [1.165, 1.54) is 0 Å². The number of primary amides is 1. The summed E-state index contributed by atoms with van der Waals surface area (Å²) in [6.45, 7) is 0.432. The largest absolute Gasteiger partial charge is 0.352 e. The van der Waals surface area contributed by atoms with Crippen molar-refractivity contribution in [2.75, 3.05) is 6.54 Å². The molecule has 1 aliphatic heterocycles. The molecule has 0 aromatic heterocycles. The first kappa shape index (κ1) is 7.84. The normalized spacial score (nSPS) is 22.9. The Morgan fingerprint density at radius 2 is 2.55 bits per heavy atom. The molecule has 0 aliphatic carbocycles. The fraction of sp³-hybridized carbons (Fsp3) is 0.667. The Kier molecular flexibility index (Phi) is 2.30. The molecule has 3 amide bonds. The van der Waals surface area contributed by atoms with Crippen molar-refractivity contribution in [3.8, 4) is 0 Å². The first-order valence-electron chi connectivity index (χ1n) is 3.51. The van der Waals surface area contributed by atoms with Gasteiger partial charge in [-0.15, -0.1) is 0 Å². The molecular formula is C6H11N3O2. The fourth-order valence-electron chi connectivity index (χ4n) is 1.05. The van der Waals surface area contributed by atoms with Crippen LogP contribution in [0.25, 0.3) is 0 Å². The number of hydrogen-bond donors (Lipinski definition) is 3. The van der Waals surface area contributed by atoms with E-state index in [1.807, 2.05) is 0 Å². The maximum absolute atomic E-state index is 10.6. The van der Waals surface area contributed by atoms with Crippen LogP contribution in [0.3, 0.4) is 0 Å². The number of urea groups is 1. The van der Waals surface area contributed by atoms with Crippen LogP contribution in [0.5, 0.6) is 0 Å². The molecule has 1 saturated heterocycles. The molecule has 11 heavy (non-hydrogen) atoms. The van der Waals surface area contributed by atoms with Crippen LogP contribution in [0.1, 0.15) is 12.8 Å². The minimum Gasteiger partial charge on any atom is -0.352 e. The highest BCUT2D eigenvalue weighted by Gasteiger charge is 2.20. The van der Waals surface area contributed by atoms with Crippen LogP contribution in [0, 0.1) is 0 Å². The number of amides is 3. The Morgan fingerprint density at radius 3 is 3.00 bits per heavy atom. The highest BCUT2D eigenvalue weighted by molar-refractivity contribution is 5.78. The molecule has 0 spiro atoms. The van der Waals surface area contributed by atoms with Gasteiger partial charge in [-0.05, 0) is 6.42 Å². The van der Waals surface area contributed by atoms with Crippen LogP contribution in [0.2, 0.25) is 0 Å². The van der Waals surface area contributed by atoms with Crippen molar-refractivity contribution in [3.63, 3.8) is 0 Å². The van der Waals surface area contributed by atoms with Gasteiger partial charge in [-0.3, -0.25) is 4.79 Å². The Bertz CT molecular complexity index is 181. The fourth-order valence-corrected chi connectivity index (χ4v) is 1.05. The molecule has 5 heteroatoms. The predicted molar refractivity (Wildman–Crippen MR) is 38.8 cm³/mol. The predicted octanol–water partition coefficient (Wildman–Crippen LogP) is -1.07. The molecule has 0 bridgehead atoms. The number of carbonyl (C=O) groups excluding carboxylic acids is 2. The van der Waals surface area contributed by atoms with E-state index < -0.39 is 6.03 Å². The van der Waals surface area contributed by atoms with Crippen LogP contribution in [-0.2, 0) is 4.79 Å². The summed E-state index contributed by atoms with van der Waals surface area (Å²) in [6, 6.07) is -0.485. The molecule has 1 unspecified atom stereocenters. The van der Waals surface area contributed by atoms with Crippen LogP contribution in [0.4, 0.5) is 4.79 Å². The van der Waals surface area contributed by atoms with Gasteiger partial charge in [-0.25, -0.2) is 4.79 Å². The smallest absolute Gasteiger partial charge is 0.312 e. The van der Waals surface area contributed by atoms with Crippen molar-refractivity contribution in [2.45, 2.75) is 18.9 Å². The number of hydrogen-bond acceptors (Lipinski definition) is 2. The molecule has 0 radical (unpaired) electrons. The molecule has 1 fully saturated rings. The van der Waals surface area contributed by atoms with Crippen LogP contribution in [0.15, 0.2) is 0 Å². The van der Waals surface area contributed by atoms with Crippen molar-refractivity contribution >= 4 is 11.9 Å². The molecule has 0 saturated carbocycles. The average Bonchev–Trinajstić information content (AvgIpc) is 2.31. The second kappa shape index (κ2) is 3.23. The Balaban J connectivity index is 2.18. The third kappa shape index (κ3) is 2.45. The monoisotopic (exact) mass is 157 g/mol. The SMILES string of the molecule is NC(=O)NCC1CCC(=O)N1. The molecule has 62 valence electrons. The van der Waals surface area contributed by atoms with E-state index in [1.54, 1.807) is 0 Å². The first-order valence-corrected chi connectivity index (χ1v) is 3.51. The van der Waals surface area contributed by atoms with Gasteiger partial charge in [0.1, 0.15) is 0 Å². The van der Waals surface area contributed by atoms with Gasteiger partial charge in [-0.2, -0.15) is 0 Å².